The summed E-state index contributed by atoms with van der Waals surface area (Å²) < 4.78 is 31.1. The number of nitrogens with zero attached hydrogens (tertiary/aromatic N) is 2. The lowest BCUT2D eigenvalue weighted by Crippen LogP contribution is -2.30. The number of likely N-dealkylation sites (N-methyl/N-ethyl adjacent to an activating group) is 2. The normalized spacial score (nSPS) is 11.1. The second kappa shape index (κ2) is 42.4. The van der Waals surface area contributed by atoms with E-state index >= 15 is 0 Å². The van der Waals surface area contributed by atoms with Crippen molar-refractivity contribution in [3.8, 4) is 0 Å². The van der Waals surface area contributed by atoms with E-state index in [2.05, 4.69) is 0 Å². The molecule has 0 aliphatic rings. The van der Waals surface area contributed by atoms with Gasteiger partial charge in [0, 0.05) is 39.8 Å². The maximum Gasteiger partial charge on any atom is 0.320 e. The van der Waals surface area contributed by atoms with Crippen LogP contribution < -0.4 is 0 Å². The van der Waals surface area contributed by atoms with Crippen LogP contribution in [0.3, 0.4) is 0 Å². The van der Waals surface area contributed by atoms with E-state index in [0.717, 1.165) is 154 Å². The summed E-state index contributed by atoms with van der Waals surface area (Å²) in [7, 11) is 3.58. The fourth-order valence-corrected chi connectivity index (χ4v) is 6.40. The first-order valence-corrected chi connectivity index (χ1v) is 23.3. The van der Waals surface area contributed by atoms with Gasteiger partial charge in [-0.3, -0.25) is 38.6 Å². The summed E-state index contributed by atoms with van der Waals surface area (Å²) in [6.45, 7) is 6.49. The Morgan fingerprint density at radius 2 is 0.533 bits per heavy atom. The predicted octanol–water partition coefficient (Wildman–Crippen LogP) is 8.29. The van der Waals surface area contributed by atoms with Crippen molar-refractivity contribution in [2.45, 2.75) is 181 Å². The Morgan fingerprint density at radius 1 is 0.300 bits per heavy atom. The van der Waals surface area contributed by atoms with Crippen LogP contribution in [0.1, 0.15) is 181 Å². The largest absolute Gasteiger partial charge is 0.466 e. The summed E-state index contributed by atoms with van der Waals surface area (Å²) in [5.41, 5.74) is 0. The molecule has 14 heteroatoms. The number of hydrogen-bond donors (Lipinski definition) is 0. The van der Waals surface area contributed by atoms with E-state index in [-0.39, 0.29) is 62.1 Å². The van der Waals surface area contributed by atoms with Gasteiger partial charge in [-0.1, -0.05) is 116 Å². The first kappa shape index (κ1) is 56.7. The molecule has 0 N–H and O–H groups in total. The fourth-order valence-electron chi connectivity index (χ4n) is 6.40. The molecule has 0 unspecified atom stereocenters. The Labute approximate surface area is 362 Å². The topological polar surface area (TPSA) is 164 Å². The van der Waals surface area contributed by atoms with Crippen LogP contribution in [-0.4, -0.2) is 126 Å². The van der Waals surface area contributed by atoms with Crippen molar-refractivity contribution < 1.29 is 57.2 Å². The third-order valence-electron chi connectivity index (χ3n) is 10.00. The zero-order chi connectivity index (χ0) is 44.3. The molecule has 0 fully saturated rings. The van der Waals surface area contributed by atoms with Gasteiger partial charge in [-0.05, 0) is 52.6 Å². The first-order chi connectivity index (χ1) is 29.0. The van der Waals surface area contributed by atoms with Gasteiger partial charge >= 0.3 is 35.8 Å². The molecule has 0 atom stereocenters. The molecule has 0 radical (unpaired) electrons. The number of rotatable bonds is 43. The predicted molar refractivity (Wildman–Crippen MR) is 232 cm³/mol. The van der Waals surface area contributed by atoms with Crippen LogP contribution in [0.4, 0.5) is 0 Å². The molecule has 0 saturated heterocycles. The van der Waals surface area contributed by atoms with Crippen LogP contribution in [0.5, 0.6) is 0 Å². The van der Waals surface area contributed by atoms with Crippen molar-refractivity contribution in [3.63, 3.8) is 0 Å². The van der Waals surface area contributed by atoms with Crippen LogP contribution >= 0.6 is 0 Å². The second-order valence-electron chi connectivity index (χ2n) is 16.0. The van der Waals surface area contributed by atoms with Crippen molar-refractivity contribution in [1.29, 1.82) is 0 Å². The maximum absolute atomic E-state index is 12.0. The molecule has 0 aromatic carbocycles. The van der Waals surface area contributed by atoms with Crippen molar-refractivity contribution >= 4 is 35.8 Å². The van der Waals surface area contributed by atoms with Crippen molar-refractivity contribution in [3.05, 3.63) is 0 Å². The highest BCUT2D eigenvalue weighted by atomic mass is 16.6. The summed E-state index contributed by atoms with van der Waals surface area (Å²) >= 11 is 0. The summed E-state index contributed by atoms with van der Waals surface area (Å²) in [5, 5.41) is 0. The highest BCUT2D eigenvalue weighted by Gasteiger charge is 2.10. The molecule has 0 bridgehead atoms. The summed E-state index contributed by atoms with van der Waals surface area (Å²) in [6.07, 6.45) is 26.2. The SMILES string of the molecule is CC(=O)OCCN(C)CC(=O)OCCCCCCCCCCOC(=O)CCCCCCCCCCC(=O)OCCCCCCCCCCOC(=O)CN(C)CCOC(C)=O. The zero-order valence-corrected chi connectivity index (χ0v) is 38.2. The van der Waals surface area contributed by atoms with Crippen LogP contribution in [0.15, 0.2) is 0 Å². The Balaban J connectivity index is 3.37. The van der Waals surface area contributed by atoms with Crippen molar-refractivity contribution in [2.24, 2.45) is 0 Å². The first-order valence-electron chi connectivity index (χ1n) is 23.3. The number of unbranched alkanes of at least 4 members (excludes halogenated alkanes) is 21. The van der Waals surface area contributed by atoms with Crippen LogP contribution in [-0.2, 0) is 57.2 Å². The van der Waals surface area contributed by atoms with E-state index in [1.807, 2.05) is 0 Å². The van der Waals surface area contributed by atoms with E-state index in [1.54, 1.807) is 23.9 Å². The molecule has 0 aromatic heterocycles. The zero-order valence-electron chi connectivity index (χ0n) is 38.2. The Hall–Kier alpha value is -3.26. The minimum atomic E-state index is -0.326. The molecule has 60 heavy (non-hydrogen) atoms. The van der Waals surface area contributed by atoms with Gasteiger partial charge in [0.15, 0.2) is 0 Å². The number of carbonyl (C=O) groups excluding carboxylic acids is 6. The Morgan fingerprint density at radius 3 is 0.800 bits per heavy atom. The average molecular weight is 857 g/mol. The molecule has 0 rings (SSSR count). The number of esters is 6. The third-order valence-corrected chi connectivity index (χ3v) is 10.00. The molecule has 0 aliphatic heterocycles. The lowest BCUT2D eigenvalue weighted by atomic mass is 10.1. The minimum Gasteiger partial charge on any atom is -0.466 e. The number of carbonyl (C=O) groups is 6. The van der Waals surface area contributed by atoms with Crippen molar-refractivity contribution in [1.82, 2.24) is 9.80 Å². The maximum atomic E-state index is 12.0. The highest BCUT2D eigenvalue weighted by Crippen LogP contribution is 2.13. The lowest BCUT2D eigenvalue weighted by Gasteiger charge is -2.15. The Bertz CT molecular complexity index is 1020. The summed E-state index contributed by atoms with van der Waals surface area (Å²) in [6, 6.07) is 0. The molecule has 0 aromatic rings. The van der Waals surface area contributed by atoms with Crippen LogP contribution in [0.25, 0.3) is 0 Å². The van der Waals surface area contributed by atoms with Gasteiger partial charge in [-0.2, -0.15) is 0 Å². The molecule has 0 spiro atoms. The number of hydrogen-bond acceptors (Lipinski definition) is 14. The van der Waals surface area contributed by atoms with Gasteiger partial charge in [-0.15, -0.1) is 0 Å². The third kappa shape index (κ3) is 44.3. The highest BCUT2D eigenvalue weighted by molar-refractivity contribution is 5.72. The van der Waals surface area contributed by atoms with Gasteiger partial charge in [0.1, 0.15) is 13.2 Å². The molecular formula is C46H84N2O12. The van der Waals surface area contributed by atoms with Gasteiger partial charge in [0.25, 0.3) is 0 Å². The van der Waals surface area contributed by atoms with E-state index in [1.165, 1.54) is 13.8 Å². The van der Waals surface area contributed by atoms with E-state index < -0.39 is 0 Å². The molecule has 0 aliphatic carbocycles. The second-order valence-corrected chi connectivity index (χ2v) is 16.0. The van der Waals surface area contributed by atoms with E-state index in [9.17, 15) is 28.8 Å². The molecule has 350 valence electrons. The Kier molecular flexibility index (Phi) is 40.1. The van der Waals surface area contributed by atoms with Gasteiger partial charge in [0.05, 0.1) is 39.5 Å². The monoisotopic (exact) mass is 857 g/mol. The average Bonchev–Trinajstić information content (AvgIpc) is 3.19. The molecule has 0 heterocycles. The minimum absolute atomic E-state index is 0.0886. The van der Waals surface area contributed by atoms with Crippen LogP contribution in [0.2, 0.25) is 0 Å². The van der Waals surface area contributed by atoms with E-state index in [4.69, 9.17) is 28.4 Å². The van der Waals surface area contributed by atoms with Gasteiger partial charge in [-0.25, -0.2) is 0 Å². The molecule has 0 amide bonds. The lowest BCUT2D eigenvalue weighted by molar-refractivity contribution is -0.146. The fraction of sp³-hybridized carbons (Fsp3) is 0.870. The standard InChI is InChI=1S/C46H84N2O12/c1-41(49)55-37-31-47(3)39-45(53)59-35-27-21-15-9-7-13-19-25-33-57-43(51)29-23-17-11-5-6-12-18-24-30-44(52)58-34-26-20-14-8-10-16-22-28-36-60-46(54)40-48(4)32-38-56-42(2)50/h5-40H2,1-4H3. The summed E-state index contributed by atoms with van der Waals surface area (Å²) in [4.78, 5) is 72.9. The smallest absolute Gasteiger partial charge is 0.320 e. The summed E-state index contributed by atoms with van der Waals surface area (Å²) in [5.74, 6) is -1.35. The number of ether oxygens (including phenoxy) is 6. The van der Waals surface area contributed by atoms with Gasteiger partial charge in [0.2, 0.25) is 0 Å². The van der Waals surface area contributed by atoms with Crippen LogP contribution in [0, 0.1) is 0 Å². The molecule has 0 saturated carbocycles. The van der Waals surface area contributed by atoms with Crippen molar-refractivity contribution in [2.75, 3.05) is 79.9 Å². The quantitative estimate of drug-likeness (QED) is 0.0327. The van der Waals surface area contributed by atoms with E-state index in [0.29, 0.717) is 52.4 Å². The molecular weight excluding hydrogens is 773 g/mol. The molecule has 14 nitrogen and oxygen atoms in total. The van der Waals surface area contributed by atoms with Gasteiger partial charge < -0.3 is 28.4 Å².